The Labute approximate surface area is 113 Å². The first kappa shape index (κ1) is 13.4. The third-order valence-corrected chi connectivity index (χ3v) is 3.57. The molecule has 0 aliphatic carbocycles. The molecule has 0 saturated carbocycles. The molecule has 3 nitrogen and oxygen atoms in total. The number of carbonyl (C=O) groups excluding carboxylic acids is 1. The number of nitrogens with zero attached hydrogens (tertiary/aromatic N) is 1. The molecule has 0 bridgehead atoms. The molecule has 0 spiro atoms. The number of nitrogens with one attached hydrogen (secondary N) is 1. The Morgan fingerprint density at radius 1 is 1.28 bits per heavy atom. The zero-order valence-corrected chi connectivity index (χ0v) is 11.8. The van der Waals surface area contributed by atoms with Crippen LogP contribution in [0.3, 0.4) is 0 Å². The molecule has 18 heavy (non-hydrogen) atoms. The van der Waals surface area contributed by atoms with Gasteiger partial charge in [0.2, 0.25) is 0 Å². The molecule has 1 heterocycles. The minimum Gasteiger partial charge on any atom is -0.331 e. The van der Waals surface area contributed by atoms with Crippen LogP contribution in [0.2, 0.25) is 5.02 Å². The molecule has 2 atom stereocenters. The van der Waals surface area contributed by atoms with E-state index in [1.807, 2.05) is 24.0 Å². The van der Waals surface area contributed by atoms with Crippen molar-refractivity contribution >= 4 is 17.5 Å². The average Bonchev–Trinajstić information content (AvgIpc) is 2.27. The summed E-state index contributed by atoms with van der Waals surface area (Å²) < 4.78 is 0. The number of aryl methyl sites for hydroxylation is 1. The SMILES string of the molecule is Cc1cc(Cl)cc(C(=O)N2C(C)CNCC2C)c1. The molecule has 4 heteroatoms. The van der Waals surface area contributed by atoms with Gasteiger partial charge in [0, 0.05) is 35.8 Å². The van der Waals surface area contributed by atoms with Crippen molar-refractivity contribution in [3.8, 4) is 0 Å². The lowest BCUT2D eigenvalue weighted by atomic mass is 10.1. The largest absolute Gasteiger partial charge is 0.331 e. The second-order valence-corrected chi connectivity index (χ2v) is 5.52. The Morgan fingerprint density at radius 3 is 2.44 bits per heavy atom. The normalized spacial score (nSPS) is 24.1. The second kappa shape index (κ2) is 5.29. The highest BCUT2D eigenvalue weighted by molar-refractivity contribution is 6.31. The maximum absolute atomic E-state index is 12.6. The molecule has 98 valence electrons. The average molecular weight is 267 g/mol. The number of hydrogen-bond donors (Lipinski definition) is 1. The molecule has 0 aromatic heterocycles. The van der Waals surface area contributed by atoms with Gasteiger partial charge in [0.15, 0.2) is 0 Å². The number of carbonyl (C=O) groups is 1. The summed E-state index contributed by atoms with van der Waals surface area (Å²) in [5.41, 5.74) is 1.70. The minimum atomic E-state index is 0.0714. The Morgan fingerprint density at radius 2 is 1.89 bits per heavy atom. The molecule has 2 unspecified atom stereocenters. The van der Waals surface area contributed by atoms with Crippen LogP contribution in [0, 0.1) is 6.92 Å². The molecule has 1 aliphatic heterocycles. The van der Waals surface area contributed by atoms with E-state index in [-0.39, 0.29) is 18.0 Å². The molecular weight excluding hydrogens is 248 g/mol. The number of piperazine rings is 1. The van der Waals surface area contributed by atoms with Gasteiger partial charge in [-0.3, -0.25) is 4.79 Å². The number of benzene rings is 1. The van der Waals surface area contributed by atoms with E-state index in [1.54, 1.807) is 6.07 Å². The third-order valence-electron chi connectivity index (χ3n) is 3.35. The fourth-order valence-corrected chi connectivity index (χ4v) is 2.83. The van der Waals surface area contributed by atoms with Crippen LogP contribution in [0.1, 0.15) is 29.8 Å². The smallest absolute Gasteiger partial charge is 0.254 e. The van der Waals surface area contributed by atoms with Crippen LogP contribution in [-0.4, -0.2) is 36.0 Å². The van der Waals surface area contributed by atoms with E-state index in [0.29, 0.717) is 10.6 Å². The Kier molecular flexibility index (Phi) is 3.93. The van der Waals surface area contributed by atoms with Gasteiger partial charge in [0.1, 0.15) is 0 Å². The van der Waals surface area contributed by atoms with Crippen LogP contribution in [-0.2, 0) is 0 Å². The number of halogens is 1. The quantitative estimate of drug-likeness (QED) is 0.847. The van der Waals surface area contributed by atoms with Crippen molar-refractivity contribution in [1.29, 1.82) is 0 Å². The Balaban J connectivity index is 2.29. The zero-order chi connectivity index (χ0) is 13.3. The summed E-state index contributed by atoms with van der Waals surface area (Å²) >= 11 is 6.02. The molecule has 1 aromatic rings. The molecule has 1 fully saturated rings. The summed E-state index contributed by atoms with van der Waals surface area (Å²) in [5, 5.41) is 3.94. The molecule has 1 amide bonds. The summed E-state index contributed by atoms with van der Waals surface area (Å²) in [6, 6.07) is 5.93. The Hall–Kier alpha value is -1.06. The zero-order valence-electron chi connectivity index (χ0n) is 11.0. The number of amides is 1. The van der Waals surface area contributed by atoms with Gasteiger partial charge in [0.25, 0.3) is 5.91 Å². The molecule has 1 saturated heterocycles. The lowest BCUT2D eigenvalue weighted by Crippen LogP contribution is -2.57. The summed E-state index contributed by atoms with van der Waals surface area (Å²) in [4.78, 5) is 14.5. The van der Waals surface area contributed by atoms with Crippen LogP contribution in [0.5, 0.6) is 0 Å². The highest BCUT2D eigenvalue weighted by atomic mass is 35.5. The van der Waals surface area contributed by atoms with E-state index in [0.717, 1.165) is 18.7 Å². The Bertz CT molecular complexity index is 431. The lowest BCUT2D eigenvalue weighted by Gasteiger charge is -2.39. The third kappa shape index (κ3) is 2.68. The van der Waals surface area contributed by atoms with Gasteiger partial charge in [-0.2, -0.15) is 0 Å². The van der Waals surface area contributed by atoms with E-state index in [2.05, 4.69) is 19.2 Å². The van der Waals surface area contributed by atoms with E-state index in [9.17, 15) is 4.79 Å². The van der Waals surface area contributed by atoms with Crippen LogP contribution in [0.15, 0.2) is 18.2 Å². The fraction of sp³-hybridized carbons (Fsp3) is 0.500. The summed E-state index contributed by atoms with van der Waals surface area (Å²) in [6.45, 7) is 7.77. The van der Waals surface area contributed by atoms with Crippen molar-refractivity contribution in [2.24, 2.45) is 0 Å². The summed E-state index contributed by atoms with van der Waals surface area (Å²) in [5.74, 6) is 0.0714. The van der Waals surface area contributed by atoms with Gasteiger partial charge in [-0.15, -0.1) is 0 Å². The van der Waals surface area contributed by atoms with Crippen LogP contribution >= 0.6 is 11.6 Å². The van der Waals surface area contributed by atoms with E-state index < -0.39 is 0 Å². The van der Waals surface area contributed by atoms with Gasteiger partial charge in [-0.05, 0) is 44.5 Å². The summed E-state index contributed by atoms with van der Waals surface area (Å²) in [7, 11) is 0. The van der Waals surface area contributed by atoms with E-state index in [4.69, 9.17) is 11.6 Å². The van der Waals surface area contributed by atoms with Gasteiger partial charge in [0.05, 0.1) is 0 Å². The van der Waals surface area contributed by atoms with Crippen LogP contribution < -0.4 is 5.32 Å². The van der Waals surface area contributed by atoms with Gasteiger partial charge in [-0.25, -0.2) is 0 Å². The van der Waals surface area contributed by atoms with Crippen molar-refractivity contribution in [3.63, 3.8) is 0 Å². The first-order chi connectivity index (χ1) is 8.49. The molecule has 1 N–H and O–H groups in total. The maximum Gasteiger partial charge on any atom is 0.254 e. The highest BCUT2D eigenvalue weighted by Crippen LogP contribution is 2.19. The number of rotatable bonds is 1. The van der Waals surface area contributed by atoms with Crippen molar-refractivity contribution in [1.82, 2.24) is 10.2 Å². The topological polar surface area (TPSA) is 32.3 Å². The molecular formula is C14H19ClN2O. The van der Waals surface area contributed by atoms with E-state index in [1.165, 1.54) is 0 Å². The molecule has 0 radical (unpaired) electrons. The first-order valence-corrected chi connectivity index (χ1v) is 6.67. The summed E-state index contributed by atoms with van der Waals surface area (Å²) in [6.07, 6.45) is 0. The fourth-order valence-electron chi connectivity index (χ4n) is 2.54. The predicted molar refractivity (Wildman–Crippen MR) is 74.2 cm³/mol. The maximum atomic E-state index is 12.6. The number of hydrogen-bond acceptors (Lipinski definition) is 2. The van der Waals surface area contributed by atoms with E-state index >= 15 is 0 Å². The molecule has 1 aromatic carbocycles. The predicted octanol–water partition coefficient (Wildman–Crippen LogP) is 2.47. The van der Waals surface area contributed by atoms with Crippen LogP contribution in [0.25, 0.3) is 0 Å². The molecule has 2 rings (SSSR count). The standard InChI is InChI=1S/C14H19ClN2O/c1-9-4-12(6-13(15)5-9)14(18)17-10(2)7-16-8-11(17)3/h4-6,10-11,16H,7-8H2,1-3H3. The van der Waals surface area contributed by atoms with Gasteiger partial charge >= 0.3 is 0 Å². The van der Waals surface area contributed by atoms with Gasteiger partial charge in [-0.1, -0.05) is 11.6 Å². The van der Waals surface area contributed by atoms with Crippen molar-refractivity contribution in [2.45, 2.75) is 32.9 Å². The second-order valence-electron chi connectivity index (χ2n) is 5.09. The van der Waals surface area contributed by atoms with Crippen molar-refractivity contribution in [2.75, 3.05) is 13.1 Å². The van der Waals surface area contributed by atoms with Crippen molar-refractivity contribution < 1.29 is 4.79 Å². The first-order valence-electron chi connectivity index (χ1n) is 6.29. The van der Waals surface area contributed by atoms with Gasteiger partial charge < -0.3 is 10.2 Å². The lowest BCUT2D eigenvalue weighted by molar-refractivity contribution is 0.0544. The van der Waals surface area contributed by atoms with Crippen LogP contribution in [0.4, 0.5) is 0 Å². The monoisotopic (exact) mass is 266 g/mol. The molecule has 1 aliphatic rings. The minimum absolute atomic E-state index is 0.0714. The van der Waals surface area contributed by atoms with Crippen molar-refractivity contribution in [3.05, 3.63) is 34.3 Å². The highest BCUT2D eigenvalue weighted by Gasteiger charge is 2.29.